The van der Waals surface area contributed by atoms with E-state index in [1.807, 2.05) is 0 Å². The van der Waals surface area contributed by atoms with Crippen molar-refractivity contribution in [1.82, 2.24) is 0 Å². The maximum atomic E-state index is 6.18. The SMILES string of the molecule is CCCc1cc(N2CCC(C3CCN(c4ccc(N)c(CCC)c4)CC3)CC2)ccc1N. The number of rotatable bonds is 7. The molecule has 4 N–H and O–H groups in total. The van der Waals surface area contributed by atoms with Gasteiger partial charge in [0.15, 0.2) is 0 Å². The number of benzene rings is 2. The Morgan fingerprint density at radius 3 is 1.38 bits per heavy atom. The van der Waals surface area contributed by atoms with Crippen LogP contribution in [0.2, 0.25) is 0 Å². The Bertz CT molecular complexity index is 803. The Morgan fingerprint density at radius 1 is 0.656 bits per heavy atom. The van der Waals surface area contributed by atoms with Gasteiger partial charge in [0.1, 0.15) is 0 Å². The maximum Gasteiger partial charge on any atom is 0.0370 e. The van der Waals surface area contributed by atoms with E-state index in [1.165, 1.54) is 74.4 Å². The Hall–Kier alpha value is -2.36. The molecule has 0 bridgehead atoms. The molecule has 0 aromatic heterocycles. The fourth-order valence-corrected chi connectivity index (χ4v) is 5.81. The molecule has 4 rings (SSSR count). The molecule has 4 heteroatoms. The van der Waals surface area contributed by atoms with Gasteiger partial charge >= 0.3 is 0 Å². The topological polar surface area (TPSA) is 58.5 Å². The third-order valence-electron chi connectivity index (χ3n) is 7.77. The summed E-state index contributed by atoms with van der Waals surface area (Å²) in [5.41, 5.74) is 19.6. The van der Waals surface area contributed by atoms with E-state index in [-0.39, 0.29) is 0 Å². The lowest BCUT2D eigenvalue weighted by Crippen LogP contribution is -2.41. The predicted octanol–water partition coefficient (Wildman–Crippen LogP) is 5.89. The molecule has 2 aliphatic heterocycles. The van der Waals surface area contributed by atoms with Crippen molar-refractivity contribution in [3.05, 3.63) is 47.5 Å². The van der Waals surface area contributed by atoms with Crippen LogP contribution in [0.1, 0.15) is 63.5 Å². The molecule has 0 spiro atoms. The number of aryl methyl sites for hydroxylation is 2. The highest BCUT2D eigenvalue weighted by molar-refractivity contribution is 5.59. The van der Waals surface area contributed by atoms with Crippen molar-refractivity contribution in [2.24, 2.45) is 11.8 Å². The van der Waals surface area contributed by atoms with Crippen LogP contribution >= 0.6 is 0 Å². The molecular weight excluding hydrogens is 392 g/mol. The first-order chi connectivity index (χ1) is 15.6. The fraction of sp³-hybridized carbons (Fsp3) is 0.571. The summed E-state index contributed by atoms with van der Waals surface area (Å²) >= 11 is 0. The molecule has 0 amide bonds. The Morgan fingerprint density at radius 2 is 1.03 bits per heavy atom. The molecule has 2 aromatic rings. The Kier molecular flexibility index (Phi) is 7.49. The van der Waals surface area contributed by atoms with Gasteiger partial charge in [-0.3, -0.25) is 0 Å². The Balaban J connectivity index is 1.30. The third-order valence-corrected chi connectivity index (χ3v) is 7.77. The van der Waals surface area contributed by atoms with Crippen LogP contribution in [0, 0.1) is 11.8 Å². The molecule has 2 aromatic carbocycles. The van der Waals surface area contributed by atoms with Gasteiger partial charge < -0.3 is 21.3 Å². The van der Waals surface area contributed by atoms with Crippen molar-refractivity contribution >= 4 is 22.7 Å². The fourth-order valence-electron chi connectivity index (χ4n) is 5.81. The third kappa shape index (κ3) is 5.16. The number of nitrogen functional groups attached to an aromatic ring is 2. The van der Waals surface area contributed by atoms with E-state index in [9.17, 15) is 0 Å². The van der Waals surface area contributed by atoms with E-state index in [0.29, 0.717) is 0 Å². The summed E-state index contributed by atoms with van der Waals surface area (Å²) in [6.45, 7) is 9.16. The van der Waals surface area contributed by atoms with Gasteiger partial charge in [0, 0.05) is 48.9 Å². The number of hydrogen-bond donors (Lipinski definition) is 2. The van der Waals surface area contributed by atoms with Gasteiger partial charge in [-0.15, -0.1) is 0 Å². The van der Waals surface area contributed by atoms with Crippen LogP contribution in [0.5, 0.6) is 0 Å². The summed E-state index contributed by atoms with van der Waals surface area (Å²) in [5.74, 6) is 1.75. The number of hydrogen-bond acceptors (Lipinski definition) is 4. The van der Waals surface area contributed by atoms with Gasteiger partial charge in [0.05, 0.1) is 0 Å². The first-order valence-electron chi connectivity index (χ1n) is 12.9. The normalized spacial score (nSPS) is 18.3. The van der Waals surface area contributed by atoms with Crippen molar-refractivity contribution in [3.63, 3.8) is 0 Å². The van der Waals surface area contributed by atoms with Crippen LogP contribution in [-0.2, 0) is 12.8 Å². The molecule has 0 saturated carbocycles. The van der Waals surface area contributed by atoms with Gasteiger partial charge in [0.25, 0.3) is 0 Å². The average Bonchev–Trinajstić information content (AvgIpc) is 2.82. The standard InChI is InChI=1S/C28H42N4/c1-3-5-23-19-25(7-9-27(23)29)31-15-11-21(12-16-31)22-13-17-32(18-14-22)26-8-10-28(30)24(20-26)6-4-2/h7-10,19-22H,3-6,11-18,29-30H2,1-2H3. The van der Waals surface area contributed by atoms with Gasteiger partial charge in [-0.2, -0.15) is 0 Å². The lowest BCUT2D eigenvalue weighted by Gasteiger charge is -2.41. The van der Waals surface area contributed by atoms with E-state index in [4.69, 9.17) is 11.5 Å². The van der Waals surface area contributed by atoms with Gasteiger partial charge in [0.2, 0.25) is 0 Å². The second-order valence-electron chi connectivity index (χ2n) is 9.92. The molecule has 0 radical (unpaired) electrons. The van der Waals surface area contributed by atoms with Gasteiger partial charge in [-0.05, 0) is 97.9 Å². The average molecular weight is 435 g/mol. The van der Waals surface area contributed by atoms with Crippen molar-refractivity contribution in [3.8, 4) is 0 Å². The van der Waals surface area contributed by atoms with E-state index < -0.39 is 0 Å². The van der Waals surface area contributed by atoms with Crippen LogP contribution < -0.4 is 21.3 Å². The highest BCUT2D eigenvalue weighted by Crippen LogP contribution is 2.36. The number of piperidine rings is 2. The molecule has 0 aliphatic carbocycles. The van der Waals surface area contributed by atoms with Crippen molar-refractivity contribution in [2.75, 3.05) is 47.4 Å². The summed E-state index contributed by atoms with van der Waals surface area (Å²) in [5, 5.41) is 0. The predicted molar refractivity (Wildman–Crippen MR) is 140 cm³/mol. The van der Waals surface area contributed by atoms with Crippen LogP contribution in [0.3, 0.4) is 0 Å². The van der Waals surface area contributed by atoms with Crippen LogP contribution in [0.4, 0.5) is 22.7 Å². The smallest absolute Gasteiger partial charge is 0.0370 e. The van der Waals surface area contributed by atoms with E-state index in [0.717, 1.165) is 48.9 Å². The van der Waals surface area contributed by atoms with Gasteiger partial charge in [-0.25, -0.2) is 0 Å². The molecule has 4 nitrogen and oxygen atoms in total. The minimum Gasteiger partial charge on any atom is -0.399 e. The van der Waals surface area contributed by atoms with Crippen molar-refractivity contribution in [1.29, 1.82) is 0 Å². The number of nitrogens with two attached hydrogens (primary N) is 2. The lowest BCUT2D eigenvalue weighted by atomic mass is 9.78. The minimum atomic E-state index is 0.874. The Labute approximate surface area is 195 Å². The van der Waals surface area contributed by atoms with Crippen LogP contribution in [-0.4, -0.2) is 26.2 Å². The molecule has 2 aliphatic rings. The first kappa shape index (κ1) is 22.8. The number of nitrogens with zero attached hydrogens (tertiary/aromatic N) is 2. The van der Waals surface area contributed by atoms with Crippen molar-refractivity contribution in [2.45, 2.75) is 65.2 Å². The highest BCUT2D eigenvalue weighted by Gasteiger charge is 2.30. The molecule has 0 atom stereocenters. The lowest BCUT2D eigenvalue weighted by molar-refractivity contribution is 0.233. The molecule has 174 valence electrons. The summed E-state index contributed by atoms with van der Waals surface area (Å²) in [6.07, 6.45) is 9.71. The number of anilines is 4. The zero-order valence-corrected chi connectivity index (χ0v) is 20.2. The van der Waals surface area contributed by atoms with Crippen LogP contribution in [0.25, 0.3) is 0 Å². The maximum absolute atomic E-state index is 6.18. The minimum absolute atomic E-state index is 0.874. The van der Waals surface area contributed by atoms with E-state index >= 15 is 0 Å². The van der Waals surface area contributed by atoms with Gasteiger partial charge in [-0.1, -0.05) is 26.7 Å². The second kappa shape index (κ2) is 10.5. The summed E-state index contributed by atoms with van der Waals surface area (Å²) < 4.78 is 0. The zero-order chi connectivity index (χ0) is 22.5. The van der Waals surface area contributed by atoms with E-state index in [1.54, 1.807) is 0 Å². The molecule has 0 unspecified atom stereocenters. The summed E-state index contributed by atoms with van der Waals surface area (Å²) in [7, 11) is 0. The second-order valence-corrected chi connectivity index (χ2v) is 9.92. The molecule has 32 heavy (non-hydrogen) atoms. The highest BCUT2D eigenvalue weighted by atomic mass is 15.1. The molecular formula is C28H42N4. The molecule has 2 saturated heterocycles. The molecule has 2 fully saturated rings. The van der Waals surface area contributed by atoms with E-state index in [2.05, 4.69) is 60.0 Å². The summed E-state index contributed by atoms with van der Waals surface area (Å²) in [6, 6.07) is 13.3. The van der Waals surface area contributed by atoms with Crippen molar-refractivity contribution < 1.29 is 0 Å². The molecule has 2 heterocycles. The van der Waals surface area contributed by atoms with Crippen LogP contribution in [0.15, 0.2) is 36.4 Å². The summed E-state index contributed by atoms with van der Waals surface area (Å²) in [4.78, 5) is 5.15. The largest absolute Gasteiger partial charge is 0.399 e. The first-order valence-corrected chi connectivity index (χ1v) is 12.9. The zero-order valence-electron chi connectivity index (χ0n) is 20.2. The monoisotopic (exact) mass is 434 g/mol. The quantitative estimate of drug-likeness (QED) is 0.534.